The van der Waals surface area contributed by atoms with Crippen molar-refractivity contribution in [2.45, 2.75) is 45.8 Å². The number of halogens is 2. The zero-order valence-electron chi connectivity index (χ0n) is 16.8. The molecule has 0 unspecified atom stereocenters. The van der Waals surface area contributed by atoms with Crippen LogP contribution in [0.15, 0.2) is 18.2 Å². The number of nitrogens with one attached hydrogen (secondary N) is 1. The third kappa shape index (κ3) is 7.28. The second-order valence-electron chi connectivity index (χ2n) is 7.89. The van der Waals surface area contributed by atoms with E-state index in [-0.39, 0.29) is 11.7 Å². The van der Waals surface area contributed by atoms with Gasteiger partial charge in [0.15, 0.2) is 0 Å². The molecule has 1 aromatic rings. The molecule has 1 fully saturated rings. The summed E-state index contributed by atoms with van der Waals surface area (Å²) in [5.41, 5.74) is -0.0379. The summed E-state index contributed by atoms with van der Waals surface area (Å²) in [7, 11) is 0. The Morgan fingerprint density at radius 2 is 1.89 bits per heavy atom. The fourth-order valence-electron chi connectivity index (χ4n) is 2.96. The zero-order chi connectivity index (χ0) is 20.7. The molecular formula is C20H29ClFN3O3. The summed E-state index contributed by atoms with van der Waals surface area (Å²) in [6.45, 7) is 8.79. The SMILES string of the molecule is CC(C)(C)OC(=O)NCCCC(=O)N1CCN(Cc2c(F)cccc2Cl)CC1. The van der Waals surface area contributed by atoms with E-state index < -0.39 is 11.7 Å². The molecule has 8 heteroatoms. The van der Waals surface area contributed by atoms with Gasteiger partial charge in [0.2, 0.25) is 5.91 Å². The molecule has 1 aliphatic rings. The Hall–Kier alpha value is -1.86. The van der Waals surface area contributed by atoms with Gasteiger partial charge in [-0.15, -0.1) is 0 Å². The van der Waals surface area contributed by atoms with Crippen molar-refractivity contribution in [3.8, 4) is 0 Å². The van der Waals surface area contributed by atoms with E-state index in [4.69, 9.17) is 16.3 Å². The van der Waals surface area contributed by atoms with Crippen molar-refractivity contribution in [3.05, 3.63) is 34.6 Å². The van der Waals surface area contributed by atoms with Gasteiger partial charge in [-0.25, -0.2) is 9.18 Å². The highest BCUT2D eigenvalue weighted by atomic mass is 35.5. The van der Waals surface area contributed by atoms with Gasteiger partial charge in [-0.1, -0.05) is 17.7 Å². The number of carbonyl (C=O) groups is 2. The first-order valence-corrected chi connectivity index (χ1v) is 9.93. The van der Waals surface area contributed by atoms with Crippen LogP contribution in [0.2, 0.25) is 5.02 Å². The van der Waals surface area contributed by atoms with Gasteiger partial charge in [-0.2, -0.15) is 0 Å². The van der Waals surface area contributed by atoms with E-state index in [1.54, 1.807) is 32.9 Å². The van der Waals surface area contributed by atoms with E-state index in [1.165, 1.54) is 6.07 Å². The molecule has 1 heterocycles. The number of carbonyl (C=O) groups excluding carboxylic acids is 2. The lowest BCUT2D eigenvalue weighted by Gasteiger charge is -2.35. The van der Waals surface area contributed by atoms with Crippen molar-refractivity contribution in [2.75, 3.05) is 32.7 Å². The van der Waals surface area contributed by atoms with Crippen LogP contribution in [-0.4, -0.2) is 60.1 Å². The Bertz CT molecular complexity index is 666. The predicted octanol–water partition coefficient (Wildman–Crippen LogP) is 3.43. The summed E-state index contributed by atoms with van der Waals surface area (Å²) in [6, 6.07) is 4.69. The number of hydrogen-bond acceptors (Lipinski definition) is 4. The highest BCUT2D eigenvalue weighted by Crippen LogP contribution is 2.21. The quantitative estimate of drug-likeness (QED) is 0.726. The summed E-state index contributed by atoms with van der Waals surface area (Å²) in [4.78, 5) is 27.8. The van der Waals surface area contributed by atoms with E-state index in [0.717, 1.165) is 0 Å². The third-order valence-corrected chi connectivity index (χ3v) is 4.76. The van der Waals surface area contributed by atoms with Crippen LogP contribution in [0, 0.1) is 5.82 Å². The molecule has 1 aliphatic heterocycles. The van der Waals surface area contributed by atoms with E-state index in [0.29, 0.717) is 62.7 Å². The van der Waals surface area contributed by atoms with E-state index in [9.17, 15) is 14.0 Å². The molecule has 1 saturated heterocycles. The lowest BCUT2D eigenvalue weighted by Crippen LogP contribution is -2.48. The van der Waals surface area contributed by atoms with E-state index >= 15 is 0 Å². The Kier molecular flexibility index (Phi) is 8.07. The first-order chi connectivity index (χ1) is 13.2. The molecule has 6 nitrogen and oxygen atoms in total. The first-order valence-electron chi connectivity index (χ1n) is 9.55. The molecule has 2 rings (SSSR count). The van der Waals surface area contributed by atoms with Gasteiger partial charge >= 0.3 is 6.09 Å². The molecule has 1 aromatic carbocycles. The van der Waals surface area contributed by atoms with Crippen LogP contribution in [0.4, 0.5) is 9.18 Å². The summed E-state index contributed by atoms with van der Waals surface area (Å²) < 4.78 is 19.1. The minimum atomic E-state index is -0.535. The van der Waals surface area contributed by atoms with Crippen LogP contribution >= 0.6 is 11.6 Å². The van der Waals surface area contributed by atoms with Gasteiger partial charge < -0.3 is 15.0 Å². The number of rotatable bonds is 6. The maximum absolute atomic E-state index is 13.9. The molecule has 156 valence electrons. The van der Waals surface area contributed by atoms with Crippen molar-refractivity contribution in [3.63, 3.8) is 0 Å². The number of amides is 2. The summed E-state index contributed by atoms with van der Waals surface area (Å²) in [5, 5.41) is 3.08. The third-order valence-electron chi connectivity index (χ3n) is 4.40. The topological polar surface area (TPSA) is 61.9 Å². The number of alkyl carbamates (subject to hydrolysis) is 1. The Balaban J connectivity index is 1.67. The molecule has 0 aromatic heterocycles. The van der Waals surface area contributed by atoms with Crippen LogP contribution < -0.4 is 5.32 Å². The van der Waals surface area contributed by atoms with E-state index in [2.05, 4.69) is 10.2 Å². The highest BCUT2D eigenvalue weighted by Gasteiger charge is 2.22. The smallest absolute Gasteiger partial charge is 0.407 e. The average Bonchev–Trinajstić information content (AvgIpc) is 2.61. The molecule has 28 heavy (non-hydrogen) atoms. The van der Waals surface area contributed by atoms with Crippen LogP contribution in [0.3, 0.4) is 0 Å². The summed E-state index contributed by atoms with van der Waals surface area (Å²) in [5.74, 6) is -0.238. The largest absolute Gasteiger partial charge is 0.444 e. The number of nitrogens with zero attached hydrogens (tertiary/aromatic N) is 2. The zero-order valence-corrected chi connectivity index (χ0v) is 17.5. The molecule has 0 saturated carbocycles. The van der Waals surface area contributed by atoms with Crippen LogP contribution in [-0.2, 0) is 16.1 Å². The van der Waals surface area contributed by atoms with Crippen LogP contribution in [0.25, 0.3) is 0 Å². The van der Waals surface area contributed by atoms with E-state index in [1.807, 2.05) is 4.90 Å². The number of hydrogen-bond donors (Lipinski definition) is 1. The summed E-state index contributed by atoms with van der Waals surface area (Å²) >= 11 is 6.09. The minimum Gasteiger partial charge on any atom is -0.444 e. The number of piperazine rings is 1. The molecule has 0 atom stereocenters. The second-order valence-corrected chi connectivity index (χ2v) is 8.30. The molecule has 1 N–H and O–H groups in total. The number of ether oxygens (including phenoxy) is 1. The normalized spacial score (nSPS) is 15.4. The van der Waals surface area contributed by atoms with Crippen molar-refractivity contribution < 1.29 is 18.7 Å². The molecule has 0 radical (unpaired) electrons. The van der Waals surface area contributed by atoms with Gasteiger partial charge in [0.25, 0.3) is 0 Å². The molecule has 0 bridgehead atoms. The molecule has 0 spiro atoms. The maximum atomic E-state index is 13.9. The Morgan fingerprint density at radius 3 is 2.50 bits per heavy atom. The Morgan fingerprint density at radius 1 is 1.21 bits per heavy atom. The lowest BCUT2D eigenvalue weighted by molar-refractivity contribution is -0.133. The fourth-order valence-corrected chi connectivity index (χ4v) is 3.19. The fraction of sp³-hybridized carbons (Fsp3) is 0.600. The van der Waals surface area contributed by atoms with Crippen molar-refractivity contribution >= 4 is 23.6 Å². The van der Waals surface area contributed by atoms with Crippen molar-refractivity contribution in [1.29, 1.82) is 0 Å². The van der Waals surface area contributed by atoms with Crippen molar-refractivity contribution in [2.24, 2.45) is 0 Å². The van der Waals surface area contributed by atoms with Crippen LogP contribution in [0.1, 0.15) is 39.2 Å². The monoisotopic (exact) mass is 413 g/mol. The highest BCUT2D eigenvalue weighted by molar-refractivity contribution is 6.31. The first kappa shape index (κ1) is 22.4. The maximum Gasteiger partial charge on any atom is 0.407 e. The van der Waals surface area contributed by atoms with Gasteiger partial charge in [-0.05, 0) is 39.3 Å². The minimum absolute atomic E-state index is 0.0644. The van der Waals surface area contributed by atoms with Gasteiger partial charge in [0.1, 0.15) is 11.4 Å². The predicted molar refractivity (Wildman–Crippen MR) is 107 cm³/mol. The molecular weight excluding hydrogens is 385 g/mol. The lowest BCUT2D eigenvalue weighted by atomic mass is 10.1. The van der Waals surface area contributed by atoms with Gasteiger partial charge in [-0.3, -0.25) is 9.69 Å². The molecule has 2 amide bonds. The van der Waals surface area contributed by atoms with Crippen LogP contribution in [0.5, 0.6) is 0 Å². The van der Waals surface area contributed by atoms with Gasteiger partial charge in [0.05, 0.1) is 0 Å². The molecule has 0 aliphatic carbocycles. The average molecular weight is 414 g/mol. The number of benzene rings is 1. The Labute approximate surface area is 171 Å². The second kappa shape index (κ2) is 10.1. The standard InChI is InChI=1S/C20H29ClFN3O3/c1-20(2,3)28-19(27)23-9-5-8-18(26)25-12-10-24(11-13-25)14-15-16(21)6-4-7-17(15)22/h4,6-7H,5,8-14H2,1-3H3,(H,23,27). The summed E-state index contributed by atoms with van der Waals surface area (Å²) in [6.07, 6.45) is 0.457. The van der Waals surface area contributed by atoms with Gasteiger partial charge in [0, 0.05) is 56.3 Å². The van der Waals surface area contributed by atoms with Crippen molar-refractivity contribution in [1.82, 2.24) is 15.1 Å².